The summed E-state index contributed by atoms with van der Waals surface area (Å²) in [6, 6.07) is 16.1. The standard InChI is InChI=1S/C52H40N8/c1-5-13-37-33(17-9-29-53-37)49-41-21-23-43(57-41)50(34-18-10-30-54-38(34)14-6-2)45-25-27-47(59-45)52(36-20-12-32-56-40(36)16-8-4)48-28-26-46(60-48)51(44-24-22-42(49)58-44)35-19-11-31-55-39(35)15-7-3/h5-12,17-32H,1-4,13-16H2. The van der Waals surface area contributed by atoms with Crippen molar-refractivity contribution in [1.82, 2.24) is 19.9 Å². The summed E-state index contributed by atoms with van der Waals surface area (Å²) in [6.45, 7) is 16.2. The zero-order chi connectivity index (χ0) is 41.0. The monoisotopic (exact) mass is 776 g/mol. The molecule has 0 amide bonds. The van der Waals surface area contributed by atoms with Crippen molar-refractivity contribution in [2.75, 3.05) is 0 Å². The van der Waals surface area contributed by atoms with Crippen LogP contribution in [0.3, 0.4) is 0 Å². The van der Waals surface area contributed by atoms with Crippen LogP contribution in [0.25, 0.3) is 22.3 Å². The third kappa shape index (κ3) is 6.94. The zero-order valence-electron chi connectivity index (χ0n) is 33.1. The van der Waals surface area contributed by atoms with Crippen molar-refractivity contribution in [3.8, 4) is 0 Å². The van der Waals surface area contributed by atoms with Crippen LogP contribution in [0.15, 0.2) is 215 Å². The molecule has 4 aromatic rings. The Morgan fingerprint density at radius 3 is 0.783 bits per heavy atom. The first kappa shape index (κ1) is 37.7. The first-order valence-corrected chi connectivity index (χ1v) is 19.9. The molecule has 5 aliphatic rings. The molecule has 60 heavy (non-hydrogen) atoms. The van der Waals surface area contributed by atoms with Gasteiger partial charge in [-0.2, -0.15) is 0 Å². The summed E-state index contributed by atoms with van der Waals surface area (Å²) in [4.78, 5) is 41.0. The quantitative estimate of drug-likeness (QED) is 0.134. The Morgan fingerprint density at radius 2 is 0.567 bits per heavy atom. The summed E-state index contributed by atoms with van der Waals surface area (Å²) in [5.41, 5.74) is 16.6. The first-order valence-electron chi connectivity index (χ1n) is 19.9. The highest BCUT2D eigenvalue weighted by molar-refractivity contribution is 6.39. The predicted molar refractivity (Wildman–Crippen MR) is 247 cm³/mol. The van der Waals surface area contributed by atoms with Crippen molar-refractivity contribution in [2.45, 2.75) is 25.7 Å². The summed E-state index contributed by atoms with van der Waals surface area (Å²) in [5, 5.41) is 0. The molecule has 9 rings (SSSR count). The van der Waals surface area contributed by atoms with Gasteiger partial charge in [0.25, 0.3) is 0 Å². The van der Waals surface area contributed by atoms with Crippen molar-refractivity contribution < 1.29 is 0 Å². The smallest absolute Gasteiger partial charge is 0.0738 e. The maximum Gasteiger partial charge on any atom is 0.0738 e. The molecular weight excluding hydrogens is 737 g/mol. The number of rotatable bonds is 12. The number of nitrogens with zero attached hydrogens (tertiary/aromatic N) is 8. The van der Waals surface area contributed by atoms with Crippen LogP contribution in [0.1, 0.15) is 45.0 Å². The Kier molecular flexibility index (Phi) is 10.4. The molecule has 288 valence electrons. The molecule has 0 N–H and O–H groups in total. The van der Waals surface area contributed by atoms with E-state index >= 15 is 0 Å². The Morgan fingerprint density at radius 1 is 0.333 bits per heavy atom. The lowest BCUT2D eigenvalue weighted by Crippen LogP contribution is -2.07. The van der Waals surface area contributed by atoms with E-state index in [2.05, 4.69) is 99.2 Å². The fourth-order valence-corrected chi connectivity index (χ4v) is 8.05. The van der Waals surface area contributed by atoms with Crippen molar-refractivity contribution in [3.63, 3.8) is 0 Å². The second kappa shape index (κ2) is 16.6. The molecule has 0 atom stereocenters. The van der Waals surface area contributed by atoms with Crippen LogP contribution < -0.4 is 0 Å². The van der Waals surface area contributed by atoms with Gasteiger partial charge in [0.15, 0.2) is 0 Å². The molecule has 0 saturated carbocycles. The number of pyridine rings is 4. The molecule has 0 fully saturated rings. The molecule has 0 unspecified atom stereocenters. The van der Waals surface area contributed by atoms with Gasteiger partial charge in [0.1, 0.15) is 0 Å². The Balaban J connectivity index is 1.41. The van der Waals surface area contributed by atoms with E-state index in [4.69, 9.17) is 39.9 Å². The summed E-state index contributed by atoms with van der Waals surface area (Å²) in [7, 11) is 0. The predicted octanol–water partition coefficient (Wildman–Crippen LogP) is 10.2. The van der Waals surface area contributed by atoms with Gasteiger partial charge in [-0.25, -0.2) is 20.0 Å². The summed E-state index contributed by atoms with van der Waals surface area (Å²) >= 11 is 0. The molecule has 0 saturated heterocycles. The lowest BCUT2D eigenvalue weighted by atomic mass is 9.96. The zero-order valence-corrected chi connectivity index (χ0v) is 33.1. The SMILES string of the molecule is C=CCc1ncccc1C1=C2C=CC(=N2)C(c2cccnc2CC=C)=C2C=CC(=N2)C(c2cccnc2CC=C)=C2C=CC(=N2)C(c2cccnc2CC=C)=C2C=CC1=N2. The highest BCUT2D eigenvalue weighted by Crippen LogP contribution is 2.40. The lowest BCUT2D eigenvalue weighted by Gasteiger charge is -2.15. The second-order valence-electron chi connectivity index (χ2n) is 14.3. The van der Waals surface area contributed by atoms with E-state index in [0.29, 0.717) is 25.7 Å². The molecule has 0 aromatic carbocycles. The minimum atomic E-state index is 0.571. The average Bonchev–Trinajstić information content (AvgIpc) is 4.12. The van der Waals surface area contributed by atoms with Gasteiger partial charge in [-0.1, -0.05) is 48.6 Å². The Bertz CT molecular complexity index is 2530. The van der Waals surface area contributed by atoms with Gasteiger partial charge in [-0.3, -0.25) is 19.9 Å². The summed E-state index contributed by atoms with van der Waals surface area (Å²) in [5.74, 6) is 0. The molecule has 5 aliphatic heterocycles. The number of fused-ring (bicyclic) bond motifs is 4. The average molecular weight is 777 g/mol. The third-order valence-electron chi connectivity index (χ3n) is 10.6. The highest BCUT2D eigenvalue weighted by Gasteiger charge is 2.30. The fourth-order valence-electron chi connectivity index (χ4n) is 8.05. The van der Waals surface area contributed by atoms with Gasteiger partial charge in [0.05, 0.1) is 68.4 Å². The van der Waals surface area contributed by atoms with Crippen LogP contribution in [0, 0.1) is 0 Å². The lowest BCUT2D eigenvalue weighted by molar-refractivity contribution is 1.10. The van der Waals surface area contributed by atoms with E-state index < -0.39 is 0 Å². The van der Waals surface area contributed by atoms with Gasteiger partial charge >= 0.3 is 0 Å². The van der Waals surface area contributed by atoms with Gasteiger partial charge in [-0.05, 0) is 72.9 Å². The first-order chi connectivity index (χ1) is 29.6. The maximum atomic E-state index is 5.44. The second-order valence-corrected chi connectivity index (χ2v) is 14.3. The van der Waals surface area contributed by atoms with Crippen molar-refractivity contribution in [3.05, 3.63) is 240 Å². The maximum absolute atomic E-state index is 5.44. The highest BCUT2D eigenvalue weighted by atomic mass is 14.9. The van der Waals surface area contributed by atoms with E-state index in [-0.39, 0.29) is 0 Å². The third-order valence-corrected chi connectivity index (χ3v) is 10.6. The number of allylic oxidation sites excluding steroid dienone is 16. The molecule has 8 heteroatoms. The van der Waals surface area contributed by atoms with Crippen LogP contribution in [0.2, 0.25) is 0 Å². The van der Waals surface area contributed by atoms with E-state index in [0.717, 1.165) is 113 Å². The number of aromatic nitrogens is 4. The van der Waals surface area contributed by atoms with Crippen molar-refractivity contribution >= 4 is 45.1 Å². The number of hydrogen-bond acceptors (Lipinski definition) is 8. The summed E-state index contributed by atoms with van der Waals surface area (Å²) < 4.78 is 0. The van der Waals surface area contributed by atoms with Gasteiger partial charge in [0, 0.05) is 95.0 Å². The molecule has 8 bridgehead atoms. The number of hydrogen-bond donors (Lipinski definition) is 0. The van der Waals surface area contributed by atoms with Crippen molar-refractivity contribution in [2.24, 2.45) is 20.0 Å². The molecule has 0 spiro atoms. The summed E-state index contributed by atoms with van der Waals surface area (Å²) in [6.07, 6.45) is 33.5. The van der Waals surface area contributed by atoms with Crippen LogP contribution in [-0.4, -0.2) is 42.8 Å². The molecule has 8 nitrogen and oxygen atoms in total. The number of aliphatic imine (C=N–C) groups is 4. The van der Waals surface area contributed by atoms with Crippen LogP contribution in [0.4, 0.5) is 0 Å². The normalized spacial score (nSPS) is 16.4. The largest absolute Gasteiger partial charge is 0.260 e. The topological polar surface area (TPSA) is 101 Å². The fraction of sp³-hybridized carbons (Fsp3) is 0.0769. The Labute approximate surface area is 349 Å². The molecule has 9 heterocycles. The van der Waals surface area contributed by atoms with E-state index in [1.165, 1.54) is 0 Å². The van der Waals surface area contributed by atoms with Crippen LogP contribution >= 0.6 is 0 Å². The van der Waals surface area contributed by atoms with E-state index in [1.54, 1.807) is 0 Å². The van der Waals surface area contributed by atoms with Crippen molar-refractivity contribution in [1.29, 1.82) is 0 Å². The minimum absolute atomic E-state index is 0.571. The molecule has 0 radical (unpaired) electrons. The molecule has 4 aromatic heterocycles. The van der Waals surface area contributed by atoms with Crippen LogP contribution in [-0.2, 0) is 25.7 Å². The minimum Gasteiger partial charge on any atom is -0.260 e. The van der Waals surface area contributed by atoms with Gasteiger partial charge < -0.3 is 0 Å². The van der Waals surface area contributed by atoms with E-state index in [9.17, 15) is 0 Å². The molecular formula is C52H40N8. The van der Waals surface area contributed by atoms with Gasteiger partial charge in [0.2, 0.25) is 0 Å². The van der Waals surface area contributed by atoms with Crippen LogP contribution in [0.5, 0.6) is 0 Å². The van der Waals surface area contributed by atoms with Gasteiger partial charge in [-0.15, -0.1) is 26.3 Å². The molecule has 0 aliphatic carbocycles. The van der Waals surface area contributed by atoms with E-state index in [1.807, 2.05) is 73.4 Å². The Hall–Kier alpha value is -7.84.